The van der Waals surface area contributed by atoms with Gasteiger partial charge in [-0.3, -0.25) is 4.79 Å². The highest BCUT2D eigenvalue weighted by molar-refractivity contribution is 7.17. The molecule has 186 valence electrons. The van der Waals surface area contributed by atoms with Crippen molar-refractivity contribution in [2.75, 3.05) is 26.7 Å². The van der Waals surface area contributed by atoms with Crippen LogP contribution < -0.4 is 5.32 Å². The minimum absolute atomic E-state index is 0.0960. The number of hydrogen-bond acceptors (Lipinski definition) is 5. The van der Waals surface area contributed by atoms with Crippen molar-refractivity contribution in [2.24, 2.45) is 5.92 Å². The second-order valence-corrected chi connectivity index (χ2v) is 11.0. The molecule has 1 aromatic carbocycles. The van der Waals surface area contributed by atoms with E-state index in [1.54, 1.807) is 13.2 Å². The Morgan fingerprint density at radius 3 is 2.66 bits per heavy atom. The number of methoxy groups -OCH3 is 1. The Morgan fingerprint density at radius 2 is 2.00 bits per heavy atom. The molecule has 8 heteroatoms. The Balaban J connectivity index is 1.49. The summed E-state index contributed by atoms with van der Waals surface area (Å²) in [6, 6.07) is 14.1. The molecular weight excluding hydrogens is 480 g/mol. The van der Waals surface area contributed by atoms with Crippen LogP contribution in [0.25, 0.3) is 16.7 Å². The number of allylic oxidation sites excluding steroid dienone is 1. The number of aromatic nitrogens is 1. The summed E-state index contributed by atoms with van der Waals surface area (Å²) >= 11 is 7.48. The highest BCUT2D eigenvalue weighted by Gasteiger charge is 2.22. The monoisotopic (exact) mass is 512 g/mol. The van der Waals surface area contributed by atoms with E-state index >= 15 is 0 Å². The van der Waals surface area contributed by atoms with Crippen molar-refractivity contribution in [3.8, 4) is 0 Å². The quantitative estimate of drug-likeness (QED) is 0.276. The molecule has 0 aliphatic carbocycles. The Bertz CT molecular complexity index is 1220. The second kappa shape index (κ2) is 11.4. The van der Waals surface area contributed by atoms with Gasteiger partial charge in [-0.15, -0.1) is 11.3 Å². The molecule has 3 aromatic rings. The molecule has 0 spiro atoms. The van der Waals surface area contributed by atoms with E-state index in [-0.39, 0.29) is 12.5 Å². The number of para-hydroxylation sites is 1. The van der Waals surface area contributed by atoms with Gasteiger partial charge in [0.15, 0.2) is 0 Å². The fourth-order valence-electron chi connectivity index (χ4n) is 4.62. The van der Waals surface area contributed by atoms with Crippen molar-refractivity contribution in [1.82, 2.24) is 14.8 Å². The lowest BCUT2D eigenvalue weighted by atomic mass is 9.96. The third-order valence-electron chi connectivity index (χ3n) is 6.64. The molecule has 1 amide bonds. The Labute approximate surface area is 216 Å². The van der Waals surface area contributed by atoms with Gasteiger partial charge in [-0.1, -0.05) is 29.8 Å². The summed E-state index contributed by atoms with van der Waals surface area (Å²) < 4.78 is 8.10. The highest BCUT2D eigenvalue weighted by atomic mass is 35.5. The Hall–Kier alpha value is -2.61. The Morgan fingerprint density at radius 1 is 1.26 bits per heavy atom. The third kappa shape index (κ3) is 6.15. The predicted octanol–water partition coefficient (Wildman–Crippen LogP) is 5.91. The number of likely N-dealkylation sites (tertiary alicyclic amines) is 1. The van der Waals surface area contributed by atoms with Gasteiger partial charge >= 0.3 is 0 Å². The van der Waals surface area contributed by atoms with Crippen LogP contribution in [-0.2, 0) is 11.3 Å². The SMILES string of the molecule is CO/C(=C\C(=N)Cn1c(C(=O)NCC2CCN(C(C)C)CC2)cc2ccccc21)c1ccc(Cl)s1. The number of nitrogens with zero attached hydrogens (tertiary/aromatic N) is 2. The minimum atomic E-state index is -0.0960. The number of amides is 1. The summed E-state index contributed by atoms with van der Waals surface area (Å²) in [5, 5.41) is 12.8. The largest absolute Gasteiger partial charge is 0.495 e. The van der Waals surface area contributed by atoms with Crippen molar-refractivity contribution in [1.29, 1.82) is 5.41 Å². The third-order valence-corrected chi connectivity index (χ3v) is 7.89. The van der Waals surface area contributed by atoms with Gasteiger partial charge in [-0.25, -0.2) is 0 Å². The van der Waals surface area contributed by atoms with E-state index in [1.165, 1.54) is 11.3 Å². The number of piperidine rings is 1. The van der Waals surface area contributed by atoms with Crippen LogP contribution >= 0.6 is 22.9 Å². The fraction of sp³-hybridized carbons (Fsp3) is 0.407. The van der Waals surface area contributed by atoms with Crippen molar-refractivity contribution in [2.45, 2.75) is 39.3 Å². The average Bonchev–Trinajstić information content (AvgIpc) is 3.45. The van der Waals surface area contributed by atoms with Gasteiger partial charge in [0.2, 0.25) is 0 Å². The molecule has 2 aromatic heterocycles. The van der Waals surface area contributed by atoms with Crippen molar-refractivity contribution >= 4 is 51.2 Å². The molecule has 1 aliphatic rings. The molecule has 0 radical (unpaired) electrons. The zero-order valence-corrected chi connectivity index (χ0v) is 22.1. The van der Waals surface area contributed by atoms with E-state index in [2.05, 4.69) is 24.1 Å². The van der Waals surface area contributed by atoms with E-state index in [4.69, 9.17) is 21.7 Å². The number of halogens is 1. The van der Waals surface area contributed by atoms with Crippen LogP contribution in [0.4, 0.5) is 0 Å². The van der Waals surface area contributed by atoms with E-state index in [0.29, 0.717) is 40.0 Å². The minimum Gasteiger partial charge on any atom is -0.495 e. The number of thiophene rings is 1. The van der Waals surface area contributed by atoms with Crippen LogP contribution in [0, 0.1) is 11.3 Å². The normalized spacial score (nSPS) is 15.6. The van der Waals surface area contributed by atoms with E-state index in [9.17, 15) is 4.79 Å². The molecule has 1 fully saturated rings. The zero-order chi connectivity index (χ0) is 24.9. The number of carbonyl (C=O) groups excluding carboxylic acids is 1. The summed E-state index contributed by atoms with van der Waals surface area (Å²) in [6.07, 6.45) is 3.90. The molecule has 1 aliphatic heterocycles. The highest BCUT2D eigenvalue weighted by Crippen LogP contribution is 2.28. The molecule has 2 N–H and O–H groups in total. The molecule has 3 heterocycles. The lowest BCUT2D eigenvalue weighted by Crippen LogP contribution is -2.41. The van der Waals surface area contributed by atoms with Crippen molar-refractivity contribution in [3.63, 3.8) is 0 Å². The van der Waals surface area contributed by atoms with Crippen LogP contribution in [0.5, 0.6) is 0 Å². The van der Waals surface area contributed by atoms with Crippen LogP contribution in [0.3, 0.4) is 0 Å². The van der Waals surface area contributed by atoms with E-state index in [0.717, 1.165) is 41.7 Å². The molecule has 35 heavy (non-hydrogen) atoms. The molecule has 6 nitrogen and oxygen atoms in total. The summed E-state index contributed by atoms with van der Waals surface area (Å²) in [5.41, 5.74) is 1.84. The number of fused-ring (bicyclic) bond motifs is 1. The summed E-state index contributed by atoms with van der Waals surface area (Å²) in [6.45, 7) is 7.57. The topological polar surface area (TPSA) is 70.3 Å². The van der Waals surface area contributed by atoms with Gasteiger partial charge in [0.05, 0.1) is 28.6 Å². The van der Waals surface area contributed by atoms with E-state index in [1.807, 2.05) is 47.0 Å². The standard InChI is InChI=1S/C27H33ClN4O2S/c1-18(2)31-12-10-19(11-13-31)16-30-27(33)23-14-20-6-4-5-7-22(20)32(23)17-21(29)15-24(34-3)25-8-9-26(28)35-25/h4-9,14-15,18-19,29H,10-13,16-17H2,1-3H3,(H,30,33)/b24-15-,29-21?. The van der Waals surface area contributed by atoms with Crippen LogP contribution in [-0.4, -0.2) is 53.9 Å². The van der Waals surface area contributed by atoms with Gasteiger partial charge in [-0.2, -0.15) is 0 Å². The number of ether oxygens (including phenoxy) is 1. The lowest BCUT2D eigenvalue weighted by molar-refractivity contribution is 0.0922. The first kappa shape index (κ1) is 25.5. The molecule has 0 unspecified atom stereocenters. The first-order valence-corrected chi connectivity index (χ1v) is 13.2. The van der Waals surface area contributed by atoms with Gasteiger partial charge in [-0.05, 0) is 70.0 Å². The van der Waals surface area contributed by atoms with Crippen molar-refractivity contribution < 1.29 is 9.53 Å². The second-order valence-electron chi connectivity index (χ2n) is 9.30. The summed E-state index contributed by atoms with van der Waals surface area (Å²) in [5.74, 6) is 0.985. The number of rotatable bonds is 9. The molecule has 0 atom stereocenters. The summed E-state index contributed by atoms with van der Waals surface area (Å²) in [7, 11) is 1.59. The molecule has 4 rings (SSSR count). The molecule has 0 bridgehead atoms. The fourth-order valence-corrected chi connectivity index (χ4v) is 5.66. The smallest absolute Gasteiger partial charge is 0.267 e. The van der Waals surface area contributed by atoms with Crippen LogP contribution in [0.15, 0.2) is 48.5 Å². The van der Waals surface area contributed by atoms with Crippen molar-refractivity contribution in [3.05, 3.63) is 63.4 Å². The van der Waals surface area contributed by atoms with Gasteiger partial charge < -0.3 is 24.9 Å². The first-order valence-electron chi connectivity index (χ1n) is 12.0. The lowest BCUT2D eigenvalue weighted by Gasteiger charge is -2.34. The number of nitrogens with one attached hydrogen (secondary N) is 2. The maximum Gasteiger partial charge on any atom is 0.267 e. The Kier molecular flexibility index (Phi) is 8.31. The molecular formula is C27H33ClN4O2S. The first-order chi connectivity index (χ1) is 16.9. The average molecular weight is 513 g/mol. The predicted molar refractivity (Wildman–Crippen MR) is 146 cm³/mol. The number of hydrogen-bond donors (Lipinski definition) is 2. The molecule has 0 saturated carbocycles. The maximum absolute atomic E-state index is 13.3. The van der Waals surface area contributed by atoms with Crippen LogP contribution in [0.1, 0.15) is 42.1 Å². The van der Waals surface area contributed by atoms with Crippen LogP contribution in [0.2, 0.25) is 4.34 Å². The maximum atomic E-state index is 13.3. The summed E-state index contributed by atoms with van der Waals surface area (Å²) in [4.78, 5) is 16.6. The van der Waals surface area contributed by atoms with Gasteiger partial charge in [0.1, 0.15) is 11.5 Å². The zero-order valence-electron chi connectivity index (χ0n) is 20.5. The number of carbonyl (C=O) groups is 1. The van der Waals surface area contributed by atoms with E-state index < -0.39 is 0 Å². The number of benzene rings is 1. The van der Waals surface area contributed by atoms with Gasteiger partial charge in [0.25, 0.3) is 5.91 Å². The molecule has 1 saturated heterocycles. The van der Waals surface area contributed by atoms with Gasteiger partial charge in [0, 0.05) is 29.6 Å².